The first-order valence-corrected chi connectivity index (χ1v) is 10.4. The van der Waals surface area contributed by atoms with Gasteiger partial charge in [-0.25, -0.2) is 8.42 Å². The first kappa shape index (κ1) is 16.0. The van der Waals surface area contributed by atoms with Crippen molar-refractivity contribution in [2.45, 2.75) is 31.1 Å². The van der Waals surface area contributed by atoms with Gasteiger partial charge in [-0.05, 0) is 30.8 Å². The monoisotopic (exact) mass is 342 g/mol. The molecule has 0 aliphatic carbocycles. The fourth-order valence-electron chi connectivity index (χ4n) is 3.63. The number of hydrogen-bond donors (Lipinski definition) is 1. The van der Waals surface area contributed by atoms with E-state index in [2.05, 4.69) is 17.1 Å². The molecule has 3 rings (SSSR count). The number of carbonyl (C=O) groups excluding carboxylic acids is 1. The molecule has 3 atom stereocenters. The number of likely N-dealkylation sites (tertiary alicyclic amines) is 1. The Balaban J connectivity index is 1.74. The normalized spacial score (nSPS) is 30.9. The maximum Gasteiger partial charge on any atom is 0.261 e. The van der Waals surface area contributed by atoms with E-state index in [-0.39, 0.29) is 28.9 Å². The smallest absolute Gasteiger partial charge is 0.261 e. The third kappa shape index (κ3) is 3.07. The van der Waals surface area contributed by atoms with Crippen molar-refractivity contribution in [3.05, 3.63) is 22.4 Å². The fraction of sp³-hybridized carbons (Fsp3) is 0.667. The van der Waals surface area contributed by atoms with Gasteiger partial charge in [-0.1, -0.05) is 13.0 Å². The highest BCUT2D eigenvalue weighted by Gasteiger charge is 2.48. The van der Waals surface area contributed by atoms with Crippen LogP contribution in [-0.4, -0.2) is 55.9 Å². The molecular weight excluding hydrogens is 320 g/mol. The summed E-state index contributed by atoms with van der Waals surface area (Å²) in [5.74, 6) is 0.130. The summed E-state index contributed by atoms with van der Waals surface area (Å²) in [6.07, 6.45) is 1.55. The molecule has 1 N–H and O–H groups in total. The van der Waals surface area contributed by atoms with Crippen LogP contribution in [0.1, 0.15) is 29.4 Å². The van der Waals surface area contributed by atoms with Gasteiger partial charge in [0.2, 0.25) is 0 Å². The van der Waals surface area contributed by atoms with Gasteiger partial charge in [0.15, 0.2) is 9.84 Å². The summed E-state index contributed by atoms with van der Waals surface area (Å²) in [5, 5.41) is 4.63. The maximum atomic E-state index is 12.3. The first-order valence-electron chi connectivity index (χ1n) is 7.79. The Bertz CT molecular complexity index is 627. The lowest BCUT2D eigenvalue weighted by Gasteiger charge is -2.33. The van der Waals surface area contributed by atoms with Crippen molar-refractivity contribution < 1.29 is 13.2 Å². The quantitative estimate of drug-likeness (QED) is 0.898. The molecule has 2 saturated heterocycles. The summed E-state index contributed by atoms with van der Waals surface area (Å²) < 4.78 is 24.7. The number of nitrogens with one attached hydrogen (secondary N) is 1. The standard InChI is InChI=1S/C15H22N2O3S2/c1-2-6-17-9-11-12(5-8-22(19,20)14(11)10-17)16-15(18)13-4-3-7-21-13/h3-4,7,11-12,14H,2,5-6,8-10H2,1H3,(H,16,18). The molecule has 22 heavy (non-hydrogen) atoms. The number of rotatable bonds is 4. The highest BCUT2D eigenvalue weighted by Crippen LogP contribution is 2.33. The van der Waals surface area contributed by atoms with Crippen molar-refractivity contribution in [3.63, 3.8) is 0 Å². The van der Waals surface area contributed by atoms with Crippen LogP contribution in [0.5, 0.6) is 0 Å². The van der Waals surface area contributed by atoms with Crippen LogP contribution >= 0.6 is 11.3 Å². The minimum absolute atomic E-state index is 0.0224. The topological polar surface area (TPSA) is 66.5 Å². The number of amides is 1. The summed E-state index contributed by atoms with van der Waals surface area (Å²) in [6.45, 7) is 4.42. The van der Waals surface area contributed by atoms with Crippen LogP contribution in [0, 0.1) is 5.92 Å². The highest BCUT2D eigenvalue weighted by molar-refractivity contribution is 7.92. The Morgan fingerprint density at radius 1 is 1.45 bits per heavy atom. The van der Waals surface area contributed by atoms with Crippen LogP contribution in [0.4, 0.5) is 0 Å². The summed E-state index contributed by atoms with van der Waals surface area (Å²) in [4.78, 5) is 15.2. The second-order valence-electron chi connectivity index (χ2n) is 6.17. The Morgan fingerprint density at radius 3 is 2.95 bits per heavy atom. The van der Waals surface area contributed by atoms with E-state index in [1.54, 1.807) is 6.07 Å². The first-order chi connectivity index (χ1) is 10.5. The molecule has 0 spiro atoms. The number of hydrogen-bond acceptors (Lipinski definition) is 5. The Morgan fingerprint density at radius 2 is 2.27 bits per heavy atom. The van der Waals surface area contributed by atoms with E-state index in [1.807, 2.05) is 11.4 Å². The van der Waals surface area contributed by atoms with Gasteiger partial charge in [-0.2, -0.15) is 0 Å². The molecule has 7 heteroatoms. The molecule has 3 unspecified atom stereocenters. The SMILES string of the molecule is CCCN1CC2C(NC(=O)c3cccs3)CCS(=O)(=O)C2C1. The molecule has 0 saturated carbocycles. The molecular formula is C15H22N2O3S2. The van der Waals surface area contributed by atoms with Gasteiger partial charge in [0.05, 0.1) is 15.9 Å². The minimum Gasteiger partial charge on any atom is -0.348 e. The van der Waals surface area contributed by atoms with Crippen molar-refractivity contribution in [2.75, 3.05) is 25.4 Å². The van der Waals surface area contributed by atoms with Crippen LogP contribution in [0.3, 0.4) is 0 Å². The average Bonchev–Trinajstić information content (AvgIpc) is 3.12. The summed E-state index contributed by atoms with van der Waals surface area (Å²) in [5.41, 5.74) is 0. The van der Waals surface area contributed by atoms with Gasteiger partial charge < -0.3 is 10.2 Å². The second-order valence-corrected chi connectivity index (χ2v) is 9.46. The number of carbonyl (C=O) groups is 1. The molecule has 1 amide bonds. The Labute approximate surface area is 135 Å². The molecule has 2 fully saturated rings. The van der Waals surface area contributed by atoms with E-state index in [4.69, 9.17) is 0 Å². The maximum absolute atomic E-state index is 12.3. The third-order valence-corrected chi connectivity index (χ3v) is 7.77. The molecule has 0 radical (unpaired) electrons. The van der Waals surface area contributed by atoms with Gasteiger partial charge in [-0.3, -0.25) is 4.79 Å². The molecule has 122 valence electrons. The molecule has 2 aliphatic rings. The van der Waals surface area contributed by atoms with Gasteiger partial charge >= 0.3 is 0 Å². The zero-order valence-corrected chi connectivity index (χ0v) is 14.3. The number of sulfone groups is 1. The lowest BCUT2D eigenvalue weighted by molar-refractivity contribution is 0.0923. The Kier molecular flexibility index (Phi) is 4.56. The summed E-state index contributed by atoms with van der Waals surface area (Å²) >= 11 is 1.41. The highest BCUT2D eigenvalue weighted by atomic mass is 32.2. The summed E-state index contributed by atoms with van der Waals surface area (Å²) in [7, 11) is -3.02. The zero-order chi connectivity index (χ0) is 15.7. The largest absolute Gasteiger partial charge is 0.348 e. The van der Waals surface area contributed by atoms with E-state index >= 15 is 0 Å². The van der Waals surface area contributed by atoms with E-state index < -0.39 is 9.84 Å². The second kappa shape index (κ2) is 6.29. The van der Waals surface area contributed by atoms with Crippen molar-refractivity contribution in [3.8, 4) is 0 Å². The predicted molar refractivity (Wildman–Crippen MR) is 88.0 cm³/mol. The van der Waals surface area contributed by atoms with Gasteiger partial charge in [0.1, 0.15) is 0 Å². The molecule has 5 nitrogen and oxygen atoms in total. The zero-order valence-electron chi connectivity index (χ0n) is 12.7. The van der Waals surface area contributed by atoms with Crippen LogP contribution < -0.4 is 5.32 Å². The summed E-state index contributed by atoms with van der Waals surface area (Å²) in [6, 6.07) is 3.62. The number of nitrogens with zero attached hydrogens (tertiary/aromatic N) is 1. The average molecular weight is 342 g/mol. The van der Waals surface area contributed by atoms with Gasteiger partial charge in [-0.15, -0.1) is 11.3 Å². The van der Waals surface area contributed by atoms with Crippen LogP contribution in [0.2, 0.25) is 0 Å². The van der Waals surface area contributed by atoms with E-state index in [1.165, 1.54) is 11.3 Å². The molecule has 0 aromatic carbocycles. The van der Waals surface area contributed by atoms with Crippen LogP contribution in [-0.2, 0) is 9.84 Å². The van der Waals surface area contributed by atoms with Crippen LogP contribution in [0.15, 0.2) is 17.5 Å². The van der Waals surface area contributed by atoms with Crippen molar-refractivity contribution in [2.24, 2.45) is 5.92 Å². The van der Waals surface area contributed by atoms with Crippen molar-refractivity contribution in [1.29, 1.82) is 0 Å². The fourth-order valence-corrected chi connectivity index (χ4v) is 6.39. The van der Waals surface area contributed by atoms with E-state index in [9.17, 15) is 13.2 Å². The predicted octanol–water partition coefficient (Wildman–Crippen LogP) is 1.38. The minimum atomic E-state index is -3.02. The molecule has 3 heterocycles. The number of fused-ring (bicyclic) bond motifs is 1. The van der Waals surface area contributed by atoms with Crippen molar-refractivity contribution in [1.82, 2.24) is 10.2 Å². The molecule has 2 aliphatic heterocycles. The molecule has 0 bridgehead atoms. The van der Waals surface area contributed by atoms with Crippen LogP contribution in [0.25, 0.3) is 0 Å². The third-order valence-electron chi connectivity index (χ3n) is 4.68. The van der Waals surface area contributed by atoms with E-state index in [0.29, 0.717) is 17.8 Å². The Hall–Kier alpha value is -0.920. The van der Waals surface area contributed by atoms with Gasteiger partial charge in [0, 0.05) is 25.0 Å². The lowest BCUT2D eigenvalue weighted by Crippen LogP contribution is -2.51. The van der Waals surface area contributed by atoms with E-state index in [0.717, 1.165) is 19.5 Å². The molecule has 1 aromatic heterocycles. The van der Waals surface area contributed by atoms with Gasteiger partial charge in [0.25, 0.3) is 5.91 Å². The number of thiophene rings is 1. The van der Waals surface area contributed by atoms with Crippen molar-refractivity contribution >= 4 is 27.1 Å². The molecule has 1 aromatic rings. The lowest BCUT2D eigenvalue weighted by atomic mass is 9.95.